The average Bonchev–Trinajstić information content (AvgIpc) is 2.63. The quantitative estimate of drug-likeness (QED) is 0.741. The molecule has 0 aliphatic heterocycles. The fraction of sp³-hybridized carbons (Fsp3) is 0.550. The van der Waals surface area contributed by atoms with Crippen molar-refractivity contribution in [1.82, 2.24) is 14.5 Å². The largest absolute Gasteiger partial charge is 0.476 e. The highest BCUT2D eigenvalue weighted by atomic mass is 16.4. The highest BCUT2D eigenvalue weighted by Crippen LogP contribution is 2.22. The zero-order valence-electron chi connectivity index (χ0n) is 16.1. The van der Waals surface area contributed by atoms with Crippen LogP contribution in [-0.2, 0) is 0 Å². The third-order valence-electron chi connectivity index (χ3n) is 5.06. The van der Waals surface area contributed by atoms with Crippen molar-refractivity contribution in [3.8, 4) is 0 Å². The molecular formula is C20H29N3O3. The first-order valence-electron chi connectivity index (χ1n) is 9.35. The summed E-state index contributed by atoms with van der Waals surface area (Å²) in [6, 6.07) is 7.45. The normalized spacial score (nSPS) is 13.9. The first kappa shape index (κ1) is 20.1. The van der Waals surface area contributed by atoms with Crippen LogP contribution in [0, 0.1) is 0 Å². The van der Waals surface area contributed by atoms with Gasteiger partial charge in [0.1, 0.15) is 0 Å². The summed E-state index contributed by atoms with van der Waals surface area (Å²) in [6.07, 6.45) is 4.11. The third kappa shape index (κ3) is 4.30. The van der Waals surface area contributed by atoms with Gasteiger partial charge in [0, 0.05) is 12.1 Å². The lowest BCUT2D eigenvalue weighted by atomic mass is 10.0. The Morgan fingerprint density at radius 2 is 2.00 bits per heavy atom. The number of hydrogen-bond donors (Lipinski definition) is 1. The Morgan fingerprint density at radius 3 is 2.62 bits per heavy atom. The maximum absolute atomic E-state index is 12.8. The Bertz CT molecular complexity index is 816. The van der Waals surface area contributed by atoms with Gasteiger partial charge in [-0.25, -0.2) is 9.78 Å². The number of hydrogen-bond acceptors (Lipinski definition) is 4. The van der Waals surface area contributed by atoms with Gasteiger partial charge in [0.25, 0.3) is 5.56 Å². The van der Waals surface area contributed by atoms with E-state index in [4.69, 9.17) is 0 Å². The number of fused-ring (bicyclic) bond motifs is 1. The SMILES string of the molecule is CCCCC(CC(C)n1c(=O)c(C(=O)O)nc2ccccc21)N(C)CC. The van der Waals surface area contributed by atoms with Gasteiger partial charge in [0.05, 0.1) is 11.0 Å². The third-order valence-corrected chi connectivity index (χ3v) is 5.06. The first-order chi connectivity index (χ1) is 12.4. The molecule has 0 saturated carbocycles. The zero-order valence-corrected chi connectivity index (χ0v) is 16.1. The Morgan fingerprint density at radius 1 is 1.31 bits per heavy atom. The molecule has 0 radical (unpaired) electrons. The Hall–Kier alpha value is -2.21. The second-order valence-electron chi connectivity index (χ2n) is 6.88. The molecule has 0 aliphatic rings. The predicted octanol–water partition coefficient (Wildman–Crippen LogP) is 3.56. The number of carbonyl (C=O) groups is 1. The first-order valence-corrected chi connectivity index (χ1v) is 9.35. The number of carboxylic acid groups (broad SMARTS) is 1. The van der Waals surface area contributed by atoms with Crippen LogP contribution < -0.4 is 5.56 Å². The number of aromatic nitrogens is 2. The van der Waals surface area contributed by atoms with Gasteiger partial charge in [-0.2, -0.15) is 0 Å². The topological polar surface area (TPSA) is 75.4 Å². The summed E-state index contributed by atoms with van der Waals surface area (Å²) in [4.78, 5) is 30.6. The molecule has 6 nitrogen and oxygen atoms in total. The zero-order chi connectivity index (χ0) is 19.3. The summed E-state index contributed by atoms with van der Waals surface area (Å²) in [6.45, 7) is 7.22. The summed E-state index contributed by atoms with van der Waals surface area (Å²) in [5.74, 6) is -1.28. The van der Waals surface area contributed by atoms with E-state index in [0.717, 1.165) is 32.2 Å². The monoisotopic (exact) mass is 359 g/mol. The van der Waals surface area contributed by atoms with Crippen molar-refractivity contribution in [1.29, 1.82) is 0 Å². The van der Waals surface area contributed by atoms with Crippen LogP contribution >= 0.6 is 0 Å². The summed E-state index contributed by atoms with van der Waals surface area (Å²) < 4.78 is 1.61. The minimum Gasteiger partial charge on any atom is -0.476 e. The van der Waals surface area contributed by atoms with E-state index < -0.39 is 17.2 Å². The van der Waals surface area contributed by atoms with Crippen LogP contribution in [0.2, 0.25) is 0 Å². The van der Waals surface area contributed by atoms with Crippen molar-refractivity contribution < 1.29 is 9.90 Å². The number of unbranched alkanes of at least 4 members (excludes halogenated alkanes) is 1. The molecule has 1 aromatic carbocycles. The second-order valence-corrected chi connectivity index (χ2v) is 6.88. The van der Waals surface area contributed by atoms with E-state index in [1.54, 1.807) is 16.7 Å². The molecule has 2 aromatic rings. The van der Waals surface area contributed by atoms with Gasteiger partial charge in [0.2, 0.25) is 5.69 Å². The molecule has 0 aliphatic carbocycles. The molecule has 2 unspecified atom stereocenters. The van der Waals surface area contributed by atoms with Gasteiger partial charge in [0.15, 0.2) is 0 Å². The van der Waals surface area contributed by atoms with Crippen molar-refractivity contribution >= 4 is 17.0 Å². The summed E-state index contributed by atoms with van der Waals surface area (Å²) >= 11 is 0. The lowest BCUT2D eigenvalue weighted by Crippen LogP contribution is -2.36. The van der Waals surface area contributed by atoms with Crippen LogP contribution in [-0.4, -0.2) is 45.2 Å². The Labute approximate surface area is 154 Å². The molecule has 1 N–H and O–H groups in total. The van der Waals surface area contributed by atoms with Gasteiger partial charge in [-0.3, -0.25) is 4.79 Å². The number of nitrogens with zero attached hydrogens (tertiary/aromatic N) is 3. The molecule has 1 aromatic heterocycles. The highest BCUT2D eigenvalue weighted by molar-refractivity contribution is 5.88. The maximum Gasteiger partial charge on any atom is 0.360 e. The molecule has 142 valence electrons. The van der Waals surface area contributed by atoms with Gasteiger partial charge >= 0.3 is 5.97 Å². The molecule has 2 atom stereocenters. The molecular weight excluding hydrogens is 330 g/mol. The van der Waals surface area contributed by atoms with E-state index in [1.165, 1.54) is 0 Å². The van der Waals surface area contributed by atoms with Gasteiger partial charge < -0.3 is 14.6 Å². The van der Waals surface area contributed by atoms with Crippen LogP contribution in [0.15, 0.2) is 29.1 Å². The number of carboxylic acids is 1. The van der Waals surface area contributed by atoms with E-state index >= 15 is 0 Å². The molecule has 2 rings (SSSR count). The van der Waals surface area contributed by atoms with E-state index in [1.807, 2.05) is 19.1 Å². The molecule has 0 fully saturated rings. The summed E-state index contributed by atoms with van der Waals surface area (Å²) in [5.41, 5.74) is 0.273. The molecule has 0 saturated heterocycles. The van der Waals surface area contributed by atoms with E-state index in [-0.39, 0.29) is 6.04 Å². The number of benzene rings is 1. The molecule has 0 amide bonds. The number of rotatable bonds is 9. The molecule has 0 bridgehead atoms. The summed E-state index contributed by atoms with van der Waals surface area (Å²) in [5, 5.41) is 9.37. The van der Waals surface area contributed by atoms with Crippen molar-refractivity contribution in [3.05, 3.63) is 40.3 Å². The van der Waals surface area contributed by atoms with Crippen molar-refractivity contribution in [2.45, 2.75) is 58.5 Å². The number of para-hydroxylation sites is 2. The standard InChI is InChI=1S/C20H29N3O3/c1-5-7-10-15(22(4)6-2)13-14(3)23-17-12-9-8-11-16(17)21-18(19(23)24)20(25)26/h8-9,11-12,14-15H,5-7,10,13H2,1-4H3,(H,25,26). The maximum atomic E-state index is 12.8. The van der Waals surface area contributed by atoms with Crippen LogP contribution in [0.3, 0.4) is 0 Å². The lowest BCUT2D eigenvalue weighted by Gasteiger charge is -2.30. The predicted molar refractivity (Wildman–Crippen MR) is 104 cm³/mol. The number of aromatic carboxylic acids is 1. The van der Waals surface area contributed by atoms with Crippen molar-refractivity contribution in [3.63, 3.8) is 0 Å². The van der Waals surface area contributed by atoms with Crippen LogP contribution in [0.5, 0.6) is 0 Å². The van der Waals surface area contributed by atoms with Crippen LogP contribution in [0.25, 0.3) is 11.0 Å². The molecule has 1 heterocycles. The van der Waals surface area contributed by atoms with E-state index in [2.05, 4.69) is 30.8 Å². The van der Waals surface area contributed by atoms with E-state index in [9.17, 15) is 14.7 Å². The van der Waals surface area contributed by atoms with Crippen molar-refractivity contribution in [2.75, 3.05) is 13.6 Å². The fourth-order valence-corrected chi connectivity index (χ4v) is 3.45. The molecule has 26 heavy (non-hydrogen) atoms. The smallest absolute Gasteiger partial charge is 0.360 e. The van der Waals surface area contributed by atoms with Crippen LogP contribution in [0.4, 0.5) is 0 Å². The minimum atomic E-state index is -1.28. The van der Waals surface area contributed by atoms with E-state index in [0.29, 0.717) is 17.1 Å². The Balaban J connectivity index is 2.48. The highest BCUT2D eigenvalue weighted by Gasteiger charge is 2.23. The van der Waals surface area contributed by atoms with Crippen LogP contribution in [0.1, 0.15) is 63.0 Å². The Kier molecular flexibility index (Phi) is 6.91. The lowest BCUT2D eigenvalue weighted by molar-refractivity contribution is 0.0687. The molecule has 6 heteroatoms. The summed E-state index contributed by atoms with van der Waals surface area (Å²) in [7, 11) is 2.10. The van der Waals surface area contributed by atoms with Gasteiger partial charge in [-0.05, 0) is 45.5 Å². The van der Waals surface area contributed by atoms with Gasteiger partial charge in [-0.1, -0.05) is 38.8 Å². The minimum absolute atomic E-state index is 0.121. The second kappa shape index (κ2) is 8.94. The average molecular weight is 359 g/mol. The van der Waals surface area contributed by atoms with Crippen molar-refractivity contribution in [2.24, 2.45) is 0 Å². The fourth-order valence-electron chi connectivity index (χ4n) is 3.45. The molecule has 0 spiro atoms. The van der Waals surface area contributed by atoms with Gasteiger partial charge in [-0.15, -0.1) is 0 Å².